The molecule has 0 saturated heterocycles. The molecule has 106 valence electrons. The van der Waals surface area contributed by atoms with Gasteiger partial charge in [-0.3, -0.25) is 0 Å². The van der Waals surface area contributed by atoms with E-state index < -0.39 is 6.10 Å². The Morgan fingerprint density at radius 2 is 2.00 bits per heavy atom. The molecule has 0 aliphatic rings. The fourth-order valence-corrected chi connectivity index (χ4v) is 2.18. The lowest BCUT2D eigenvalue weighted by molar-refractivity contribution is 0.0323. The van der Waals surface area contributed by atoms with E-state index >= 15 is 0 Å². The van der Waals surface area contributed by atoms with Gasteiger partial charge in [0.2, 0.25) is 0 Å². The molecule has 1 aromatic carbocycles. The molecule has 20 heavy (non-hydrogen) atoms. The summed E-state index contributed by atoms with van der Waals surface area (Å²) in [5.41, 5.74) is 1.58. The molecule has 2 atom stereocenters. The average molecular weight is 293 g/mol. The SMILES string of the molecule is CCC(Oc1ccc(Cl)cc1C)C(O)c1cncnc1. The topological polar surface area (TPSA) is 55.2 Å². The number of ether oxygens (including phenoxy) is 1. The lowest BCUT2D eigenvalue weighted by Gasteiger charge is -2.24. The van der Waals surface area contributed by atoms with Gasteiger partial charge in [-0.05, 0) is 37.1 Å². The molecule has 2 aromatic rings. The van der Waals surface area contributed by atoms with Crippen LogP contribution in [-0.4, -0.2) is 21.2 Å². The number of benzene rings is 1. The second kappa shape index (κ2) is 6.68. The van der Waals surface area contributed by atoms with Crippen LogP contribution in [0.3, 0.4) is 0 Å². The summed E-state index contributed by atoms with van der Waals surface area (Å²) >= 11 is 5.92. The van der Waals surface area contributed by atoms with Crippen molar-refractivity contribution in [2.45, 2.75) is 32.5 Å². The maximum absolute atomic E-state index is 10.4. The Morgan fingerprint density at radius 3 is 2.60 bits per heavy atom. The number of aryl methyl sites for hydroxylation is 1. The summed E-state index contributed by atoms with van der Waals surface area (Å²) < 4.78 is 5.90. The lowest BCUT2D eigenvalue weighted by atomic mass is 10.1. The number of aliphatic hydroxyl groups excluding tert-OH is 1. The summed E-state index contributed by atoms with van der Waals surface area (Å²) in [6.45, 7) is 3.88. The number of hydrogen-bond donors (Lipinski definition) is 1. The molecule has 1 heterocycles. The van der Waals surface area contributed by atoms with Crippen molar-refractivity contribution in [3.63, 3.8) is 0 Å². The first-order valence-corrected chi connectivity index (χ1v) is 6.85. The summed E-state index contributed by atoms with van der Waals surface area (Å²) in [6, 6.07) is 5.42. The molecule has 0 aliphatic carbocycles. The van der Waals surface area contributed by atoms with E-state index in [1.54, 1.807) is 18.5 Å². The van der Waals surface area contributed by atoms with E-state index in [2.05, 4.69) is 9.97 Å². The number of halogens is 1. The molecular weight excluding hydrogens is 276 g/mol. The van der Waals surface area contributed by atoms with Crippen LogP contribution in [0.25, 0.3) is 0 Å². The van der Waals surface area contributed by atoms with Crippen molar-refractivity contribution >= 4 is 11.6 Å². The maximum atomic E-state index is 10.4. The van der Waals surface area contributed by atoms with Crippen LogP contribution in [0.15, 0.2) is 36.9 Å². The molecule has 0 aliphatic heterocycles. The van der Waals surface area contributed by atoms with Gasteiger partial charge in [0.25, 0.3) is 0 Å². The highest BCUT2D eigenvalue weighted by molar-refractivity contribution is 6.30. The molecule has 2 rings (SSSR count). The normalized spacial score (nSPS) is 13.8. The average Bonchev–Trinajstić information content (AvgIpc) is 2.47. The van der Waals surface area contributed by atoms with Gasteiger partial charge in [0, 0.05) is 23.0 Å². The molecule has 1 N–H and O–H groups in total. The minimum atomic E-state index is -0.767. The van der Waals surface area contributed by atoms with E-state index in [0.717, 1.165) is 11.3 Å². The second-order valence-corrected chi connectivity index (χ2v) is 5.03. The van der Waals surface area contributed by atoms with Gasteiger partial charge in [-0.1, -0.05) is 18.5 Å². The Balaban J connectivity index is 2.16. The largest absolute Gasteiger partial charge is 0.487 e. The van der Waals surface area contributed by atoms with Crippen LogP contribution in [0.4, 0.5) is 0 Å². The van der Waals surface area contributed by atoms with E-state index in [-0.39, 0.29) is 6.10 Å². The van der Waals surface area contributed by atoms with E-state index in [1.165, 1.54) is 6.33 Å². The standard InChI is InChI=1S/C15H17ClN2O2/c1-3-13(15(19)11-7-17-9-18-8-11)20-14-5-4-12(16)6-10(14)2/h4-9,13,15,19H,3H2,1-2H3. The summed E-state index contributed by atoms with van der Waals surface area (Å²) in [6.07, 6.45) is 4.16. The highest BCUT2D eigenvalue weighted by atomic mass is 35.5. The van der Waals surface area contributed by atoms with Gasteiger partial charge in [-0.25, -0.2) is 9.97 Å². The number of nitrogens with zero attached hydrogens (tertiary/aromatic N) is 2. The smallest absolute Gasteiger partial charge is 0.129 e. The van der Waals surface area contributed by atoms with Crippen LogP contribution >= 0.6 is 11.6 Å². The van der Waals surface area contributed by atoms with E-state index in [4.69, 9.17) is 16.3 Å². The fourth-order valence-electron chi connectivity index (χ4n) is 1.96. The van der Waals surface area contributed by atoms with Gasteiger partial charge in [0.05, 0.1) is 0 Å². The molecule has 0 amide bonds. The van der Waals surface area contributed by atoms with Crippen LogP contribution in [0.1, 0.15) is 30.6 Å². The molecule has 2 unspecified atom stereocenters. The Morgan fingerprint density at radius 1 is 1.30 bits per heavy atom. The van der Waals surface area contributed by atoms with Crippen molar-refractivity contribution < 1.29 is 9.84 Å². The predicted molar refractivity (Wildman–Crippen MR) is 77.9 cm³/mol. The van der Waals surface area contributed by atoms with Crippen LogP contribution in [0, 0.1) is 6.92 Å². The van der Waals surface area contributed by atoms with Crippen LogP contribution in [0.2, 0.25) is 5.02 Å². The summed E-state index contributed by atoms with van der Waals surface area (Å²) in [4.78, 5) is 7.83. The zero-order valence-electron chi connectivity index (χ0n) is 11.5. The number of hydrogen-bond acceptors (Lipinski definition) is 4. The lowest BCUT2D eigenvalue weighted by Crippen LogP contribution is -2.25. The first-order valence-electron chi connectivity index (χ1n) is 6.47. The van der Waals surface area contributed by atoms with E-state index in [0.29, 0.717) is 17.0 Å². The first-order chi connectivity index (χ1) is 9.61. The van der Waals surface area contributed by atoms with Gasteiger partial charge in [-0.15, -0.1) is 0 Å². The zero-order chi connectivity index (χ0) is 14.5. The Bertz CT molecular complexity index is 563. The Hall–Kier alpha value is -1.65. The van der Waals surface area contributed by atoms with Gasteiger partial charge in [0.1, 0.15) is 24.3 Å². The molecule has 0 radical (unpaired) electrons. The van der Waals surface area contributed by atoms with E-state index in [1.807, 2.05) is 26.0 Å². The molecule has 0 bridgehead atoms. The summed E-state index contributed by atoms with van der Waals surface area (Å²) in [5.74, 6) is 0.720. The van der Waals surface area contributed by atoms with Crippen LogP contribution in [-0.2, 0) is 0 Å². The maximum Gasteiger partial charge on any atom is 0.129 e. The van der Waals surface area contributed by atoms with Gasteiger partial charge >= 0.3 is 0 Å². The minimum Gasteiger partial charge on any atom is -0.487 e. The highest BCUT2D eigenvalue weighted by Crippen LogP contribution is 2.27. The monoisotopic (exact) mass is 292 g/mol. The number of aromatic nitrogens is 2. The summed E-state index contributed by atoms with van der Waals surface area (Å²) in [5, 5.41) is 11.0. The van der Waals surface area contributed by atoms with Gasteiger partial charge in [-0.2, -0.15) is 0 Å². The third-order valence-electron chi connectivity index (χ3n) is 3.09. The van der Waals surface area contributed by atoms with Crippen molar-refractivity contribution in [1.82, 2.24) is 9.97 Å². The van der Waals surface area contributed by atoms with Gasteiger partial charge < -0.3 is 9.84 Å². The van der Waals surface area contributed by atoms with Gasteiger partial charge in [0.15, 0.2) is 0 Å². The second-order valence-electron chi connectivity index (χ2n) is 4.59. The predicted octanol–water partition coefficient (Wildman–Crippen LogP) is 3.33. The molecule has 4 nitrogen and oxygen atoms in total. The van der Waals surface area contributed by atoms with Crippen molar-refractivity contribution in [2.75, 3.05) is 0 Å². The van der Waals surface area contributed by atoms with Crippen LogP contribution in [0.5, 0.6) is 5.75 Å². The third-order valence-corrected chi connectivity index (χ3v) is 3.33. The molecule has 5 heteroatoms. The molecule has 0 saturated carbocycles. The summed E-state index contributed by atoms with van der Waals surface area (Å²) in [7, 11) is 0. The highest BCUT2D eigenvalue weighted by Gasteiger charge is 2.22. The number of rotatable bonds is 5. The molecule has 1 aromatic heterocycles. The third kappa shape index (κ3) is 3.46. The Labute approximate surface area is 123 Å². The van der Waals surface area contributed by atoms with Crippen molar-refractivity contribution in [3.05, 3.63) is 53.1 Å². The van der Waals surface area contributed by atoms with Crippen molar-refractivity contribution in [3.8, 4) is 5.75 Å². The minimum absolute atomic E-state index is 0.360. The number of aliphatic hydroxyl groups is 1. The van der Waals surface area contributed by atoms with Crippen molar-refractivity contribution in [1.29, 1.82) is 0 Å². The molecular formula is C15H17ClN2O2. The fraction of sp³-hybridized carbons (Fsp3) is 0.333. The quantitative estimate of drug-likeness (QED) is 0.918. The van der Waals surface area contributed by atoms with E-state index in [9.17, 15) is 5.11 Å². The molecule has 0 fully saturated rings. The Kier molecular flexibility index (Phi) is 4.93. The van der Waals surface area contributed by atoms with Crippen molar-refractivity contribution in [2.24, 2.45) is 0 Å². The zero-order valence-corrected chi connectivity index (χ0v) is 12.2. The molecule has 0 spiro atoms. The van der Waals surface area contributed by atoms with Crippen LogP contribution < -0.4 is 4.74 Å². The first kappa shape index (κ1) is 14.8.